The molecule has 1 rings (SSSR count). The highest BCUT2D eigenvalue weighted by atomic mass is 16.5. The highest BCUT2D eigenvalue weighted by Gasteiger charge is 2.30. The molecule has 19 heavy (non-hydrogen) atoms. The average molecular weight is 267 g/mol. The molecular weight excluding hydrogens is 242 g/mol. The summed E-state index contributed by atoms with van der Waals surface area (Å²) in [6.07, 6.45) is -0.124. The normalized spacial score (nSPS) is 14.9. The molecule has 4 heteroatoms. The number of hydrogen-bond acceptors (Lipinski definition) is 4. The van der Waals surface area contributed by atoms with Crippen LogP contribution in [0.5, 0.6) is 11.5 Å². The van der Waals surface area contributed by atoms with Gasteiger partial charge in [-0.15, -0.1) is 0 Å². The van der Waals surface area contributed by atoms with E-state index in [1.165, 1.54) is 0 Å². The summed E-state index contributed by atoms with van der Waals surface area (Å²) in [5, 5.41) is 9.13. The van der Waals surface area contributed by atoms with E-state index in [1.54, 1.807) is 13.2 Å². The fourth-order valence-corrected chi connectivity index (χ4v) is 2.12. The Kier molecular flexibility index (Phi) is 5.20. The molecule has 0 bridgehead atoms. The van der Waals surface area contributed by atoms with Crippen LogP contribution in [-0.2, 0) is 6.61 Å². The summed E-state index contributed by atoms with van der Waals surface area (Å²) in [6, 6.07) is 5.31. The summed E-state index contributed by atoms with van der Waals surface area (Å²) in [4.78, 5) is 0. The summed E-state index contributed by atoms with van der Waals surface area (Å²) in [7, 11) is 1.58. The number of rotatable bonds is 5. The smallest absolute Gasteiger partial charge is 0.161 e. The average Bonchev–Trinajstić information content (AvgIpc) is 2.33. The fraction of sp³-hybridized carbons (Fsp3) is 0.600. The number of aliphatic hydroxyl groups excluding tert-OH is 1. The third-order valence-corrected chi connectivity index (χ3v) is 3.00. The molecule has 3 N–H and O–H groups in total. The van der Waals surface area contributed by atoms with E-state index in [-0.39, 0.29) is 24.2 Å². The Bertz CT molecular complexity index is 410. The lowest BCUT2D eigenvalue weighted by molar-refractivity contribution is 0.0657. The number of methoxy groups -OCH3 is 1. The first-order chi connectivity index (χ1) is 8.79. The van der Waals surface area contributed by atoms with Gasteiger partial charge in [0.1, 0.15) is 6.10 Å². The molecule has 2 unspecified atom stereocenters. The van der Waals surface area contributed by atoms with Crippen LogP contribution in [0.15, 0.2) is 18.2 Å². The van der Waals surface area contributed by atoms with E-state index in [9.17, 15) is 0 Å². The van der Waals surface area contributed by atoms with E-state index in [0.717, 1.165) is 5.56 Å². The van der Waals surface area contributed by atoms with Gasteiger partial charge in [-0.1, -0.05) is 26.8 Å². The van der Waals surface area contributed by atoms with Gasteiger partial charge in [0.25, 0.3) is 0 Å². The van der Waals surface area contributed by atoms with Gasteiger partial charge in [-0.3, -0.25) is 0 Å². The Morgan fingerprint density at radius 2 is 1.89 bits per heavy atom. The topological polar surface area (TPSA) is 64.7 Å². The fourth-order valence-electron chi connectivity index (χ4n) is 2.12. The zero-order chi connectivity index (χ0) is 14.6. The number of hydrogen-bond donors (Lipinski definition) is 2. The molecule has 0 spiro atoms. The third-order valence-electron chi connectivity index (χ3n) is 3.00. The second-order valence-corrected chi connectivity index (χ2v) is 5.91. The quantitative estimate of drug-likeness (QED) is 0.859. The van der Waals surface area contributed by atoms with E-state index in [2.05, 4.69) is 20.8 Å². The molecule has 2 atom stereocenters. The first-order valence-electron chi connectivity index (χ1n) is 6.49. The molecule has 0 aliphatic carbocycles. The Balaban J connectivity index is 3.03. The van der Waals surface area contributed by atoms with Crippen LogP contribution < -0.4 is 15.2 Å². The van der Waals surface area contributed by atoms with Crippen LogP contribution >= 0.6 is 0 Å². The molecule has 0 fully saturated rings. The first-order valence-corrected chi connectivity index (χ1v) is 6.49. The van der Waals surface area contributed by atoms with Crippen molar-refractivity contribution in [1.82, 2.24) is 0 Å². The molecule has 1 aromatic carbocycles. The van der Waals surface area contributed by atoms with Crippen LogP contribution in [0, 0.1) is 5.41 Å². The van der Waals surface area contributed by atoms with Crippen molar-refractivity contribution < 1.29 is 14.6 Å². The van der Waals surface area contributed by atoms with Gasteiger partial charge in [0.2, 0.25) is 0 Å². The number of benzene rings is 1. The molecule has 0 saturated carbocycles. The predicted octanol–water partition coefficient (Wildman–Crippen LogP) is 2.33. The van der Waals surface area contributed by atoms with Gasteiger partial charge in [0.15, 0.2) is 11.5 Å². The zero-order valence-electron chi connectivity index (χ0n) is 12.4. The maximum Gasteiger partial charge on any atom is 0.161 e. The van der Waals surface area contributed by atoms with E-state index < -0.39 is 0 Å². The van der Waals surface area contributed by atoms with Crippen LogP contribution in [0.2, 0.25) is 0 Å². The Morgan fingerprint density at radius 1 is 1.26 bits per heavy atom. The van der Waals surface area contributed by atoms with Crippen molar-refractivity contribution in [3.63, 3.8) is 0 Å². The maximum atomic E-state index is 9.13. The molecule has 0 aliphatic rings. The largest absolute Gasteiger partial charge is 0.493 e. The summed E-state index contributed by atoms with van der Waals surface area (Å²) < 4.78 is 11.3. The molecule has 1 aromatic rings. The third kappa shape index (κ3) is 4.11. The van der Waals surface area contributed by atoms with Gasteiger partial charge in [-0.05, 0) is 24.6 Å². The summed E-state index contributed by atoms with van der Waals surface area (Å²) in [6.45, 7) is 8.19. The number of aliphatic hydroxyl groups is 1. The van der Waals surface area contributed by atoms with Gasteiger partial charge < -0.3 is 20.3 Å². The van der Waals surface area contributed by atoms with Crippen molar-refractivity contribution >= 4 is 0 Å². The minimum atomic E-state index is -0.124. The van der Waals surface area contributed by atoms with Crippen LogP contribution in [0.3, 0.4) is 0 Å². The maximum absolute atomic E-state index is 9.13. The van der Waals surface area contributed by atoms with Gasteiger partial charge in [0.05, 0.1) is 13.7 Å². The van der Waals surface area contributed by atoms with Crippen LogP contribution in [-0.4, -0.2) is 24.4 Å². The second kappa shape index (κ2) is 6.26. The molecule has 4 nitrogen and oxygen atoms in total. The van der Waals surface area contributed by atoms with E-state index in [4.69, 9.17) is 20.3 Å². The zero-order valence-corrected chi connectivity index (χ0v) is 12.4. The first kappa shape index (κ1) is 15.8. The lowest BCUT2D eigenvalue weighted by Gasteiger charge is -2.34. The second-order valence-electron chi connectivity index (χ2n) is 5.91. The van der Waals surface area contributed by atoms with Gasteiger partial charge in [0, 0.05) is 11.5 Å². The van der Waals surface area contributed by atoms with E-state index in [1.807, 2.05) is 19.1 Å². The SMILES string of the molecule is COc1cc(CO)ccc1OC(C(C)N)C(C)(C)C. The molecule has 0 radical (unpaired) electrons. The highest BCUT2D eigenvalue weighted by molar-refractivity contribution is 5.43. The van der Waals surface area contributed by atoms with Gasteiger partial charge in [-0.25, -0.2) is 0 Å². The van der Waals surface area contributed by atoms with Crippen molar-refractivity contribution in [3.05, 3.63) is 23.8 Å². The summed E-state index contributed by atoms with van der Waals surface area (Å²) >= 11 is 0. The molecule has 108 valence electrons. The lowest BCUT2D eigenvalue weighted by atomic mass is 9.85. The molecule has 0 aliphatic heterocycles. The summed E-state index contributed by atoms with van der Waals surface area (Å²) in [5.74, 6) is 1.26. The van der Waals surface area contributed by atoms with Gasteiger partial charge in [-0.2, -0.15) is 0 Å². The van der Waals surface area contributed by atoms with Crippen LogP contribution in [0.25, 0.3) is 0 Å². The number of ether oxygens (including phenoxy) is 2. The molecule has 0 saturated heterocycles. The van der Waals surface area contributed by atoms with E-state index >= 15 is 0 Å². The highest BCUT2D eigenvalue weighted by Crippen LogP contribution is 2.33. The van der Waals surface area contributed by atoms with Crippen molar-refractivity contribution in [2.24, 2.45) is 11.1 Å². The van der Waals surface area contributed by atoms with Crippen molar-refractivity contribution in [2.75, 3.05) is 7.11 Å². The van der Waals surface area contributed by atoms with Crippen molar-refractivity contribution in [3.8, 4) is 11.5 Å². The van der Waals surface area contributed by atoms with Gasteiger partial charge >= 0.3 is 0 Å². The Labute approximate surface area is 115 Å². The van der Waals surface area contributed by atoms with Crippen LogP contribution in [0.1, 0.15) is 33.3 Å². The molecular formula is C15H25NO3. The Hall–Kier alpha value is -1.26. The standard InChI is InChI=1S/C15H25NO3/c1-10(16)14(15(2,3)4)19-12-7-6-11(9-17)8-13(12)18-5/h6-8,10,14,17H,9,16H2,1-5H3. The van der Waals surface area contributed by atoms with Crippen molar-refractivity contribution in [2.45, 2.75) is 46.4 Å². The minimum absolute atomic E-state index is 0.0212. The van der Waals surface area contributed by atoms with Crippen molar-refractivity contribution in [1.29, 1.82) is 0 Å². The molecule has 0 heterocycles. The summed E-state index contributed by atoms with van der Waals surface area (Å²) in [5.41, 5.74) is 6.73. The molecule has 0 amide bonds. The van der Waals surface area contributed by atoms with Crippen LogP contribution in [0.4, 0.5) is 0 Å². The minimum Gasteiger partial charge on any atom is -0.493 e. The monoisotopic (exact) mass is 267 g/mol. The lowest BCUT2D eigenvalue weighted by Crippen LogP contribution is -2.45. The molecule has 0 aromatic heterocycles. The van der Waals surface area contributed by atoms with E-state index in [0.29, 0.717) is 11.5 Å². The Morgan fingerprint density at radius 3 is 2.32 bits per heavy atom. The number of nitrogens with two attached hydrogens (primary N) is 1. The predicted molar refractivity (Wildman–Crippen MR) is 76.4 cm³/mol.